The minimum Gasteiger partial charge on any atom is -0.407 e. The molecule has 1 aromatic heterocycles. The molecule has 0 saturated carbocycles. The zero-order valence-corrected chi connectivity index (χ0v) is 12.4. The molecule has 2 aromatic rings. The van der Waals surface area contributed by atoms with E-state index in [2.05, 4.69) is 14.9 Å². The second-order valence-electron chi connectivity index (χ2n) is 4.71. The second kappa shape index (κ2) is 5.62. The molecule has 0 saturated heterocycles. The third-order valence-electron chi connectivity index (χ3n) is 2.77. The zero-order valence-electron chi connectivity index (χ0n) is 11.6. The van der Waals surface area contributed by atoms with E-state index in [-0.39, 0.29) is 16.8 Å². The van der Waals surface area contributed by atoms with Crippen molar-refractivity contribution in [3.63, 3.8) is 0 Å². The molecular weight excluding hydrogens is 278 g/mol. The van der Waals surface area contributed by atoms with Crippen molar-refractivity contribution in [2.75, 3.05) is 4.72 Å². The maximum absolute atomic E-state index is 12.2. The Kier molecular flexibility index (Phi) is 4.08. The molecule has 0 aliphatic heterocycles. The van der Waals surface area contributed by atoms with Crippen LogP contribution in [0.5, 0.6) is 0 Å². The SMILES string of the molecule is CCc1cccc(S(=O)(=O)Nc2nnc(C(C)C)o2)c1. The Morgan fingerprint density at radius 3 is 2.65 bits per heavy atom. The summed E-state index contributed by atoms with van der Waals surface area (Å²) in [4.78, 5) is 0.182. The van der Waals surface area contributed by atoms with Crippen molar-refractivity contribution in [1.82, 2.24) is 10.2 Å². The van der Waals surface area contributed by atoms with Gasteiger partial charge in [0, 0.05) is 5.92 Å². The minimum absolute atomic E-state index is 0.0455. The van der Waals surface area contributed by atoms with Gasteiger partial charge in [-0.2, -0.15) is 0 Å². The number of aromatic nitrogens is 2. The third kappa shape index (κ3) is 3.16. The van der Waals surface area contributed by atoms with Crippen LogP contribution in [0.1, 0.15) is 38.1 Å². The Hall–Kier alpha value is -1.89. The predicted molar refractivity (Wildman–Crippen MR) is 75.0 cm³/mol. The highest BCUT2D eigenvalue weighted by atomic mass is 32.2. The topological polar surface area (TPSA) is 85.1 Å². The van der Waals surface area contributed by atoms with Gasteiger partial charge in [0.1, 0.15) is 0 Å². The lowest BCUT2D eigenvalue weighted by atomic mass is 10.2. The summed E-state index contributed by atoms with van der Waals surface area (Å²) in [6.45, 7) is 5.74. The van der Waals surface area contributed by atoms with Crippen LogP contribution in [0.4, 0.5) is 6.01 Å². The van der Waals surface area contributed by atoms with E-state index < -0.39 is 10.0 Å². The first-order valence-corrected chi connectivity index (χ1v) is 7.86. The number of rotatable bonds is 5. The Balaban J connectivity index is 2.25. The highest BCUT2D eigenvalue weighted by molar-refractivity contribution is 7.92. The lowest BCUT2D eigenvalue weighted by Gasteiger charge is -2.05. The molecule has 108 valence electrons. The molecule has 0 aliphatic carbocycles. The van der Waals surface area contributed by atoms with Crippen LogP contribution < -0.4 is 4.72 Å². The Morgan fingerprint density at radius 2 is 2.05 bits per heavy atom. The molecule has 0 radical (unpaired) electrons. The number of aryl methyl sites for hydroxylation is 1. The lowest BCUT2D eigenvalue weighted by Crippen LogP contribution is -2.13. The summed E-state index contributed by atoms with van der Waals surface area (Å²) >= 11 is 0. The van der Waals surface area contributed by atoms with Gasteiger partial charge in [-0.25, -0.2) is 13.1 Å². The van der Waals surface area contributed by atoms with Crippen LogP contribution in [0, 0.1) is 0 Å². The van der Waals surface area contributed by atoms with E-state index in [9.17, 15) is 8.42 Å². The van der Waals surface area contributed by atoms with Crippen LogP contribution in [-0.4, -0.2) is 18.6 Å². The van der Waals surface area contributed by atoms with Crippen LogP contribution in [0.15, 0.2) is 33.6 Å². The largest absolute Gasteiger partial charge is 0.407 e. The van der Waals surface area contributed by atoms with Gasteiger partial charge in [-0.05, 0) is 24.1 Å². The van der Waals surface area contributed by atoms with Gasteiger partial charge >= 0.3 is 6.01 Å². The summed E-state index contributed by atoms with van der Waals surface area (Å²) in [6, 6.07) is 6.63. The molecule has 0 amide bonds. The first-order valence-electron chi connectivity index (χ1n) is 6.37. The molecular formula is C13H17N3O3S. The van der Waals surface area contributed by atoms with E-state index in [1.54, 1.807) is 12.1 Å². The zero-order chi connectivity index (χ0) is 14.8. The van der Waals surface area contributed by atoms with E-state index in [1.165, 1.54) is 6.07 Å². The van der Waals surface area contributed by atoms with Gasteiger partial charge in [-0.1, -0.05) is 38.0 Å². The number of hydrogen-bond acceptors (Lipinski definition) is 5. The van der Waals surface area contributed by atoms with Crippen molar-refractivity contribution in [2.24, 2.45) is 0 Å². The standard InChI is InChI=1S/C13H17N3O3S/c1-4-10-6-5-7-11(8-10)20(17,18)16-13-15-14-12(19-13)9(2)3/h5-9H,4H2,1-3H3,(H,15,16). The normalized spacial score (nSPS) is 11.8. The average Bonchev–Trinajstić information content (AvgIpc) is 2.87. The highest BCUT2D eigenvalue weighted by Gasteiger charge is 2.18. The quantitative estimate of drug-likeness (QED) is 0.916. The Morgan fingerprint density at radius 1 is 1.30 bits per heavy atom. The maximum atomic E-state index is 12.2. The van der Waals surface area contributed by atoms with Crippen LogP contribution in [-0.2, 0) is 16.4 Å². The molecule has 6 nitrogen and oxygen atoms in total. The van der Waals surface area contributed by atoms with E-state index in [1.807, 2.05) is 26.8 Å². The summed E-state index contributed by atoms with van der Waals surface area (Å²) in [5, 5.41) is 7.47. The van der Waals surface area contributed by atoms with Gasteiger partial charge in [0.2, 0.25) is 5.89 Å². The number of nitrogens with zero attached hydrogens (tertiary/aromatic N) is 2. The van der Waals surface area contributed by atoms with E-state index in [0.29, 0.717) is 5.89 Å². The summed E-state index contributed by atoms with van der Waals surface area (Å²) < 4.78 is 32.0. The monoisotopic (exact) mass is 295 g/mol. The molecule has 0 fully saturated rings. The highest BCUT2D eigenvalue weighted by Crippen LogP contribution is 2.19. The van der Waals surface area contributed by atoms with Crippen molar-refractivity contribution in [1.29, 1.82) is 0 Å². The summed E-state index contributed by atoms with van der Waals surface area (Å²) in [5.41, 5.74) is 0.946. The third-order valence-corrected chi connectivity index (χ3v) is 4.09. The molecule has 0 atom stereocenters. The maximum Gasteiger partial charge on any atom is 0.329 e. The predicted octanol–water partition coefficient (Wildman–Crippen LogP) is 2.56. The summed E-state index contributed by atoms with van der Waals surface area (Å²) in [7, 11) is -3.70. The smallest absolute Gasteiger partial charge is 0.329 e. The van der Waals surface area contributed by atoms with Crippen LogP contribution in [0.3, 0.4) is 0 Å². The van der Waals surface area contributed by atoms with Gasteiger partial charge in [0.25, 0.3) is 10.0 Å². The number of hydrogen-bond donors (Lipinski definition) is 1. The Labute approximate surface area is 118 Å². The molecule has 20 heavy (non-hydrogen) atoms. The first kappa shape index (κ1) is 14.5. The average molecular weight is 295 g/mol. The van der Waals surface area contributed by atoms with Crippen molar-refractivity contribution in [3.8, 4) is 0 Å². The van der Waals surface area contributed by atoms with Gasteiger partial charge in [0.05, 0.1) is 4.90 Å². The summed E-state index contributed by atoms with van der Waals surface area (Å²) in [6.07, 6.45) is 0.765. The first-order chi connectivity index (χ1) is 9.42. The number of sulfonamides is 1. The van der Waals surface area contributed by atoms with E-state index in [4.69, 9.17) is 4.42 Å². The molecule has 0 bridgehead atoms. The van der Waals surface area contributed by atoms with Crippen LogP contribution >= 0.6 is 0 Å². The molecule has 0 aliphatic rings. The number of nitrogens with one attached hydrogen (secondary N) is 1. The number of benzene rings is 1. The molecule has 1 N–H and O–H groups in total. The van der Waals surface area contributed by atoms with Crippen LogP contribution in [0.2, 0.25) is 0 Å². The molecule has 1 heterocycles. The van der Waals surface area contributed by atoms with Crippen LogP contribution in [0.25, 0.3) is 0 Å². The van der Waals surface area contributed by atoms with Gasteiger partial charge in [0.15, 0.2) is 0 Å². The lowest BCUT2D eigenvalue weighted by molar-refractivity contribution is 0.483. The van der Waals surface area contributed by atoms with Crippen molar-refractivity contribution in [3.05, 3.63) is 35.7 Å². The van der Waals surface area contributed by atoms with E-state index in [0.717, 1.165) is 12.0 Å². The summed E-state index contributed by atoms with van der Waals surface area (Å²) in [5.74, 6) is 0.439. The minimum atomic E-state index is -3.70. The van der Waals surface area contributed by atoms with Gasteiger partial charge in [-0.3, -0.25) is 0 Å². The van der Waals surface area contributed by atoms with E-state index >= 15 is 0 Å². The molecule has 7 heteroatoms. The van der Waals surface area contributed by atoms with Crippen molar-refractivity contribution >= 4 is 16.0 Å². The fourth-order valence-electron chi connectivity index (χ4n) is 1.62. The number of anilines is 1. The fourth-order valence-corrected chi connectivity index (χ4v) is 2.61. The van der Waals surface area contributed by atoms with Gasteiger partial charge < -0.3 is 4.42 Å². The molecule has 2 rings (SSSR count). The van der Waals surface area contributed by atoms with Gasteiger partial charge in [-0.15, -0.1) is 5.10 Å². The molecule has 1 aromatic carbocycles. The molecule has 0 spiro atoms. The Bertz CT molecular complexity index is 692. The van der Waals surface area contributed by atoms with Crippen molar-refractivity contribution < 1.29 is 12.8 Å². The second-order valence-corrected chi connectivity index (χ2v) is 6.39. The molecule has 0 unspecified atom stereocenters. The van der Waals surface area contributed by atoms with Crippen molar-refractivity contribution in [2.45, 2.75) is 38.0 Å². The fraction of sp³-hybridized carbons (Fsp3) is 0.385.